The Morgan fingerprint density at radius 1 is 1.10 bits per heavy atom. The number of methoxy groups -OCH3 is 1. The zero-order valence-electron chi connectivity index (χ0n) is 15.5. The first kappa shape index (κ1) is 21.3. The van der Waals surface area contributed by atoms with E-state index >= 15 is 0 Å². The number of benzene rings is 1. The predicted molar refractivity (Wildman–Crippen MR) is 95.5 cm³/mol. The number of nitrogens with zero attached hydrogens (tertiary/aromatic N) is 2. The topological polar surface area (TPSA) is 80.1 Å². The second-order valence-corrected chi connectivity index (χ2v) is 8.39. The van der Waals surface area contributed by atoms with Crippen molar-refractivity contribution in [2.45, 2.75) is 17.6 Å². The number of hydrogen-bond acceptors (Lipinski definition) is 6. The van der Waals surface area contributed by atoms with E-state index in [1.54, 1.807) is 0 Å². The first-order chi connectivity index (χ1) is 13.6. The van der Waals surface area contributed by atoms with Crippen molar-refractivity contribution in [2.75, 3.05) is 33.3 Å². The molecule has 1 aliphatic rings. The molecule has 1 saturated heterocycles. The van der Waals surface area contributed by atoms with Gasteiger partial charge >= 0.3 is 12.1 Å². The first-order valence-electron chi connectivity index (χ1n) is 8.67. The number of halogens is 3. The van der Waals surface area contributed by atoms with E-state index in [-0.39, 0.29) is 18.0 Å². The zero-order chi connectivity index (χ0) is 21.2. The third-order valence-corrected chi connectivity index (χ3v) is 6.58. The average molecular weight is 432 g/mol. The number of esters is 1. The molecule has 7 nitrogen and oxygen atoms in total. The molecular formula is C18H19F3N2O5S. The Balaban J connectivity index is 1.64. The Hall–Kier alpha value is -2.37. The van der Waals surface area contributed by atoms with Crippen LogP contribution in [0.4, 0.5) is 13.2 Å². The van der Waals surface area contributed by atoms with Gasteiger partial charge in [0.2, 0.25) is 10.0 Å². The third-order valence-electron chi connectivity index (χ3n) is 4.67. The summed E-state index contributed by atoms with van der Waals surface area (Å²) in [6, 6.07) is 4.96. The highest BCUT2D eigenvalue weighted by Crippen LogP contribution is 2.30. The summed E-state index contributed by atoms with van der Waals surface area (Å²) in [7, 11) is -2.63. The Bertz CT molecular complexity index is 962. The first-order valence-corrected chi connectivity index (χ1v) is 10.1. The van der Waals surface area contributed by atoms with Crippen LogP contribution in [0.5, 0.6) is 0 Å². The maximum absolute atomic E-state index is 12.7. The smallest absolute Gasteiger partial charge is 0.416 e. The van der Waals surface area contributed by atoms with Crippen LogP contribution in [0.2, 0.25) is 0 Å². The molecule has 2 heterocycles. The molecule has 0 radical (unpaired) electrons. The fourth-order valence-corrected chi connectivity index (χ4v) is 4.47. The van der Waals surface area contributed by atoms with Gasteiger partial charge in [-0.25, -0.2) is 13.2 Å². The molecule has 0 bridgehead atoms. The Kier molecular flexibility index (Phi) is 6.01. The van der Waals surface area contributed by atoms with Gasteiger partial charge in [-0.2, -0.15) is 17.5 Å². The number of furan rings is 1. The van der Waals surface area contributed by atoms with Crippen LogP contribution >= 0.6 is 0 Å². The average Bonchev–Trinajstić information content (AvgIpc) is 3.15. The van der Waals surface area contributed by atoms with E-state index < -0.39 is 27.7 Å². The summed E-state index contributed by atoms with van der Waals surface area (Å²) in [6.07, 6.45) is -3.14. The molecule has 3 rings (SSSR count). The highest BCUT2D eigenvalue weighted by molar-refractivity contribution is 7.89. The molecule has 0 aliphatic carbocycles. The van der Waals surface area contributed by atoms with Crippen molar-refractivity contribution in [3.63, 3.8) is 0 Å². The third kappa shape index (κ3) is 4.62. The van der Waals surface area contributed by atoms with Gasteiger partial charge in [-0.1, -0.05) is 0 Å². The van der Waals surface area contributed by atoms with Crippen molar-refractivity contribution in [1.29, 1.82) is 0 Å². The number of rotatable bonds is 5. The summed E-state index contributed by atoms with van der Waals surface area (Å²) >= 11 is 0. The molecule has 0 spiro atoms. The molecule has 2 aromatic rings. The van der Waals surface area contributed by atoms with Crippen molar-refractivity contribution < 1.29 is 35.5 Å². The molecule has 1 aliphatic heterocycles. The minimum atomic E-state index is -4.52. The normalized spacial score (nSPS) is 16.7. The van der Waals surface area contributed by atoms with Crippen molar-refractivity contribution >= 4 is 16.0 Å². The number of alkyl halides is 3. The number of hydrogen-bond donors (Lipinski definition) is 0. The lowest BCUT2D eigenvalue weighted by Gasteiger charge is -2.33. The lowest BCUT2D eigenvalue weighted by molar-refractivity contribution is -0.137. The molecule has 1 fully saturated rings. The van der Waals surface area contributed by atoms with Gasteiger partial charge in [0.1, 0.15) is 11.3 Å². The van der Waals surface area contributed by atoms with Crippen molar-refractivity contribution in [1.82, 2.24) is 9.21 Å². The lowest BCUT2D eigenvalue weighted by atomic mass is 10.2. The van der Waals surface area contributed by atoms with Crippen LogP contribution in [0.15, 0.2) is 45.9 Å². The molecule has 158 valence electrons. The minimum absolute atomic E-state index is 0.164. The molecule has 0 atom stereocenters. The number of carbonyl (C=O) groups is 1. The summed E-state index contributed by atoms with van der Waals surface area (Å²) in [6.45, 7) is 1.39. The summed E-state index contributed by atoms with van der Waals surface area (Å²) < 4.78 is 74.7. The molecule has 1 aromatic carbocycles. The molecule has 0 amide bonds. The number of ether oxygens (including phenoxy) is 1. The number of sulfonamides is 1. The van der Waals surface area contributed by atoms with E-state index in [1.807, 2.05) is 4.90 Å². The second kappa shape index (κ2) is 8.17. The molecular weight excluding hydrogens is 413 g/mol. The quantitative estimate of drug-likeness (QED) is 0.676. The standard InChI is InChI=1S/C18H19F3N2O5S/c1-27-17(24)15-6-11-28-16(15)12-22-7-9-23(10-8-22)29(25,26)14-4-2-13(3-5-14)18(19,20)21/h2-6,11H,7-10,12H2,1H3. The monoisotopic (exact) mass is 432 g/mol. The molecule has 11 heteroatoms. The van der Waals surface area contributed by atoms with Crippen LogP contribution in [0.25, 0.3) is 0 Å². The van der Waals surface area contributed by atoms with E-state index in [9.17, 15) is 26.4 Å². The van der Waals surface area contributed by atoms with Gasteiger partial charge in [0.15, 0.2) is 0 Å². The fourth-order valence-electron chi connectivity index (χ4n) is 3.05. The number of carbonyl (C=O) groups excluding carboxylic acids is 1. The highest BCUT2D eigenvalue weighted by atomic mass is 32.2. The van der Waals surface area contributed by atoms with Gasteiger partial charge in [0.05, 0.1) is 30.4 Å². The van der Waals surface area contributed by atoms with E-state index in [4.69, 9.17) is 4.42 Å². The summed E-state index contributed by atoms with van der Waals surface area (Å²) in [4.78, 5) is 13.4. The van der Waals surface area contributed by atoms with Crippen LogP contribution in [0.3, 0.4) is 0 Å². The van der Waals surface area contributed by atoms with E-state index in [0.717, 1.165) is 24.3 Å². The predicted octanol–water partition coefficient (Wildman–Crippen LogP) is 2.59. The number of piperazine rings is 1. The largest absolute Gasteiger partial charge is 0.467 e. The van der Waals surface area contributed by atoms with Gasteiger partial charge in [0.25, 0.3) is 0 Å². The van der Waals surface area contributed by atoms with E-state index in [1.165, 1.54) is 23.7 Å². The Morgan fingerprint density at radius 3 is 2.28 bits per heavy atom. The second-order valence-electron chi connectivity index (χ2n) is 6.45. The van der Waals surface area contributed by atoms with Crippen molar-refractivity contribution in [2.24, 2.45) is 0 Å². The van der Waals surface area contributed by atoms with Crippen LogP contribution in [-0.2, 0) is 27.5 Å². The van der Waals surface area contributed by atoms with E-state index in [2.05, 4.69) is 4.74 Å². The Morgan fingerprint density at radius 2 is 1.72 bits per heavy atom. The molecule has 0 unspecified atom stereocenters. The molecule has 29 heavy (non-hydrogen) atoms. The minimum Gasteiger partial charge on any atom is -0.467 e. The van der Waals surface area contributed by atoms with Gasteiger partial charge in [-0.15, -0.1) is 0 Å². The van der Waals surface area contributed by atoms with Gasteiger partial charge in [0, 0.05) is 26.2 Å². The lowest BCUT2D eigenvalue weighted by Crippen LogP contribution is -2.48. The molecule has 0 N–H and O–H groups in total. The maximum Gasteiger partial charge on any atom is 0.416 e. The van der Waals surface area contributed by atoms with Gasteiger partial charge in [-0.05, 0) is 30.3 Å². The molecule has 0 saturated carbocycles. The summed E-state index contributed by atoms with van der Waals surface area (Å²) in [5, 5.41) is 0. The summed E-state index contributed by atoms with van der Waals surface area (Å²) in [5.41, 5.74) is -0.589. The zero-order valence-corrected chi connectivity index (χ0v) is 16.3. The fraction of sp³-hybridized carbons (Fsp3) is 0.389. The van der Waals surface area contributed by atoms with Crippen LogP contribution in [0.1, 0.15) is 21.7 Å². The van der Waals surface area contributed by atoms with Gasteiger partial charge in [-0.3, -0.25) is 4.90 Å². The SMILES string of the molecule is COC(=O)c1ccoc1CN1CCN(S(=O)(=O)c2ccc(C(F)(F)F)cc2)CC1. The Labute approximate surface area is 165 Å². The van der Waals surface area contributed by atoms with Crippen LogP contribution in [0, 0.1) is 0 Å². The van der Waals surface area contributed by atoms with Crippen LogP contribution < -0.4 is 0 Å². The van der Waals surface area contributed by atoms with Crippen LogP contribution in [-0.4, -0.2) is 56.9 Å². The van der Waals surface area contributed by atoms with Crippen molar-refractivity contribution in [3.8, 4) is 0 Å². The summed E-state index contributed by atoms with van der Waals surface area (Å²) in [5.74, 6) is -0.0897. The molecule has 1 aromatic heterocycles. The maximum atomic E-state index is 12.7. The van der Waals surface area contributed by atoms with Crippen molar-refractivity contribution in [3.05, 3.63) is 53.5 Å². The highest BCUT2D eigenvalue weighted by Gasteiger charge is 2.33. The van der Waals surface area contributed by atoms with Gasteiger partial charge < -0.3 is 9.15 Å². The van der Waals surface area contributed by atoms with E-state index in [0.29, 0.717) is 31.0 Å².